The highest BCUT2D eigenvalue weighted by molar-refractivity contribution is 5.76. The number of imidazole rings is 1. The number of aliphatic hydroxyl groups is 1. The van der Waals surface area contributed by atoms with Crippen molar-refractivity contribution in [1.82, 2.24) is 9.55 Å². The quantitative estimate of drug-likeness (QED) is 0.842. The summed E-state index contributed by atoms with van der Waals surface area (Å²) in [5, 5.41) is 9.00. The molecule has 4 heteroatoms. The van der Waals surface area contributed by atoms with Crippen LogP contribution in [0.2, 0.25) is 0 Å². The van der Waals surface area contributed by atoms with Gasteiger partial charge in [0.1, 0.15) is 5.82 Å². The SMILES string of the molecule is NC(CCO)c1nc2ccccc2n1C1CC1. The zero-order chi connectivity index (χ0) is 11.8. The van der Waals surface area contributed by atoms with E-state index in [0.29, 0.717) is 12.5 Å². The number of benzene rings is 1. The number of rotatable bonds is 4. The first kappa shape index (κ1) is 10.7. The van der Waals surface area contributed by atoms with Crippen molar-refractivity contribution in [2.75, 3.05) is 6.61 Å². The minimum atomic E-state index is -0.173. The van der Waals surface area contributed by atoms with Crippen molar-refractivity contribution in [3.05, 3.63) is 30.1 Å². The van der Waals surface area contributed by atoms with Gasteiger partial charge in [-0.25, -0.2) is 4.98 Å². The van der Waals surface area contributed by atoms with Gasteiger partial charge in [0.15, 0.2) is 0 Å². The number of nitrogens with two attached hydrogens (primary N) is 1. The average molecular weight is 231 g/mol. The number of nitrogens with zero attached hydrogens (tertiary/aromatic N) is 2. The second-order valence-electron chi connectivity index (χ2n) is 4.68. The monoisotopic (exact) mass is 231 g/mol. The van der Waals surface area contributed by atoms with Crippen molar-refractivity contribution in [3.8, 4) is 0 Å². The summed E-state index contributed by atoms with van der Waals surface area (Å²) in [5.74, 6) is 0.919. The molecule has 2 aromatic rings. The molecule has 0 aliphatic heterocycles. The molecular formula is C13H17N3O. The molecule has 17 heavy (non-hydrogen) atoms. The van der Waals surface area contributed by atoms with Gasteiger partial charge >= 0.3 is 0 Å². The third-order valence-electron chi connectivity index (χ3n) is 3.31. The summed E-state index contributed by atoms with van der Waals surface area (Å²) in [7, 11) is 0. The predicted octanol–water partition coefficient (Wildman–Crippen LogP) is 1.75. The topological polar surface area (TPSA) is 64.1 Å². The second-order valence-corrected chi connectivity index (χ2v) is 4.68. The maximum Gasteiger partial charge on any atom is 0.127 e. The van der Waals surface area contributed by atoms with Crippen LogP contribution in [0.3, 0.4) is 0 Å². The Balaban J connectivity index is 2.12. The molecule has 1 unspecified atom stereocenters. The molecule has 1 heterocycles. The highest BCUT2D eigenvalue weighted by Crippen LogP contribution is 2.39. The van der Waals surface area contributed by atoms with E-state index in [4.69, 9.17) is 10.8 Å². The molecule has 1 aromatic carbocycles. The van der Waals surface area contributed by atoms with Crippen LogP contribution in [0.5, 0.6) is 0 Å². The van der Waals surface area contributed by atoms with Crippen molar-refractivity contribution >= 4 is 11.0 Å². The lowest BCUT2D eigenvalue weighted by Crippen LogP contribution is -2.17. The lowest BCUT2D eigenvalue weighted by Gasteiger charge is -2.12. The average Bonchev–Trinajstić information content (AvgIpc) is 3.09. The molecular weight excluding hydrogens is 214 g/mol. The Hall–Kier alpha value is -1.39. The highest BCUT2D eigenvalue weighted by atomic mass is 16.3. The first-order valence-corrected chi connectivity index (χ1v) is 6.14. The van der Waals surface area contributed by atoms with Crippen LogP contribution in [-0.2, 0) is 0 Å². The molecule has 0 saturated heterocycles. The van der Waals surface area contributed by atoms with Crippen LogP contribution in [0.15, 0.2) is 24.3 Å². The summed E-state index contributed by atoms with van der Waals surface area (Å²) in [6.07, 6.45) is 2.98. The Morgan fingerprint density at radius 3 is 2.88 bits per heavy atom. The summed E-state index contributed by atoms with van der Waals surface area (Å²) < 4.78 is 2.26. The second kappa shape index (κ2) is 4.13. The molecule has 1 atom stereocenters. The molecule has 90 valence electrons. The van der Waals surface area contributed by atoms with E-state index in [0.717, 1.165) is 11.3 Å². The van der Waals surface area contributed by atoms with E-state index in [1.807, 2.05) is 18.2 Å². The number of para-hydroxylation sites is 2. The number of hydrogen-bond acceptors (Lipinski definition) is 3. The lowest BCUT2D eigenvalue weighted by atomic mass is 10.2. The zero-order valence-electron chi connectivity index (χ0n) is 9.71. The van der Waals surface area contributed by atoms with Gasteiger partial charge in [-0.2, -0.15) is 0 Å². The fraction of sp³-hybridized carbons (Fsp3) is 0.462. The third kappa shape index (κ3) is 1.83. The molecule has 0 amide bonds. The van der Waals surface area contributed by atoms with Gasteiger partial charge in [-0.3, -0.25) is 0 Å². The number of aliphatic hydroxyl groups excluding tert-OH is 1. The van der Waals surface area contributed by atoms with Crippen LogP contribution in [0.25, 0.3) is 11.0 Å². The maximum atomic E-state index is 9.00. The third-order valence-corrected chi connectivity index (χ3v) is 3.31. The van der Waals surface area contributed by atoms with E-state index < -0.39 is 0 Å². The minimum absolute atomic E-state index is 0.106. The minimum Gasteiger partial charge on any atom is -0.396 e. The van der Waals surface area contributed by atoms with Gasteiger partial charge in [0, 0.05) is 12.6 Å². The number of aromatic nitrogens is 2. The van der Waals surface area contributed by atoms with Crippen molar-refractivity contribution in [2.24, 2.45) is 5.73 Å². The van der Waals surface area contributed by atoms with Gasteiger partial charge in [-0.1, -0.05) is 12.1 Å². The van der Waals surface area contributed by atoms with E-state index >= 15 is 0 Å². The molecule has 1 saturated carbocycles. The van der Waals surface area contributed by atoms with Gasteiger partial charge in [-0.05, 0) is 31.4 Å². The van der Waals surface area contributed by atoms with Crippen molar-refractivity contribution < 1.29 is 5.11 Å². The van der Waals surface area contributed by atoms with Gasteiger partial charge < -0.3 is 15.4 Å². The van der Waals surface area contributed by atoms with E-state index in [9.17, 15) is 0 Å². The summed E-state index contributed by atoms with van der Waals surface area (Å²) >= 11 is 0. The molecule has 1 fully saturated rings. The van der Waals surface area contributed by atoms with Gasteiger partial charge in [0.25, 0.3) is 0 Å². The summed E-state index contributed by atoms with van der Waals surface area (Å²) in [6.45, 7) is 0.106. The number of hydrogen-bond donors (Lipinski definition) is 2. The molecule has 3 rings (SSSR count). The summed E-state index contributed by atoms with van der Waals surface area (Å²) in [6, 6.07) is 8.52. The largest absolute Gasteiger partial charge is 0.396 e. The molecule has 0 bridgehead atoms. The van der Waals surface area contributed by atoms with E-state index in [2.05, 4.69) is 15.6 Å². The Kier molecular flexibility index (Phi) is 2.61. The van der Waals surface area contributed by atoms with Gasteiger partial charge in [0.05, 0.1) is 17.1 Å². The van der Waals surface area contributed by atoms with Crippen LogP contribution in [0, 0.1) is 0 Å². The molecule has 3 N–H and O–H groups in total. The Labute approximate surface area is 100 Å². The smallest absolute Gasteiger partial charge is 0.127 e. The fourth-order valence-electron chi connectivity index (χ4n) is 2.31. The maximum absolute atomic E-state index is 9.00. The van der Waals surface area contributed by atoms with Crippen molar-refractivity contribution in [1.29, 1.82) is 0 Å². The van der Waals surface area contributed by atoms with E-state index in [-0.39, 0.29) is 12.6 Å². The first-order valence-electron chi connectivity index (χ1n) is 6.14. The standard InChI is InChI=1S/C13H17N3O/c14-10(7-8-17)13-15-11-3-1-2-4-12(11)16(13)9-5-6-9/h1-4,9-10,17H,5-8,14H2. The van der Waals surface area contributed by atoms with Gasteiger partial charge in [-0.15, -0.1) is 0 Å². The lowest BCUT2D eigenvalue weighted by molar-refractivity contribution is 0.273. The van der Waals surface area contributed by atoms with Gasteiger partial charge in [0.2, 0.25) is 0 Å². The molecule has 1 aliphatic rings. The summed E-state index contributed by atoms with van der Waals surface area (Å²) in [4.78, 5) is 4.62. The van der Waals surface area contributed by atoms with E-state index in [1.54, 1.807) is 0 Å². The molecule has 0 radical (unpaired) electrons. The van der Waals surface area contributed by atoms with E-state index in [1.165, 1.54) is 18.4 Å². The highest BCUT2D eigenvalue weighted by Gasteiger charge is 2.29. The fourth-order valence-corrected chi connectivity index (χ4v) is 2.31. The predicted molar refractivity (Wildman–Crippen MR) is 66.6 cm³/mol. The van der Waals surface area contributed by atoms with Crippen LogP contribution in [0.4, 0.5) is 0 Å². The van der Waals surface area contributed by atoms with Crippen LogP contribution in [-0.4, -0.2) is 21.3 Å². The first-order chi connectivity index (χ1) is 8.31. The van der Waals surface area contributed by atoms with Crippen molar-refractivity contribution in [2.45, 2.75) is 31.3 Å². The molecule has 4 nitrogen and oxygen atoms in total. The van der Waals surface area contributed by atoms with Crippen molar-refractivity contribution in [3.63, 3.8) is 0 Å². The van der Waals surface area contributed by atoms with Crippen LogP contribution >= 0.6 is 0 Å². The summed E-state index contributed by atoms with van der Waals surface area (Å²) in [5.41, 5.74) is 8.26. The zero-order valence-corrected chi connectivity index (χ0v) is 9.71. The van der Waals surface area contributed by atoms with Crippen LogP contribution < -0.4 is 5.73 Å². The normalized spacial score (nSPS) is 17.5. The Morgan fingerprint density at radius 2 is 2.18 bits per heavy atom. The Bertz CT molecular complexity index is 530. The Morgan fingerprint density at radius 1 is 1.41 bits per heavy atom. The van der Waals surface area contributed by atoms with Crippen LogP contribution in [0.1, 0.15) is 37.2 Å². The number of fused-ring (bicyclic) bond motifs is 1. The molecule has 1 aromatic heterocycles. The molecule has 0 spiro atoms. The molecule has 1 aliphatic carbocycles.